The van der Waals surface area contributed by atoms with Crippen molar-refractivity contribution < 1.29 is 14.6 Å². The SMILES string of the molecule is COc1nc2c(cc1C(=O)N(CCO)Cc1ccc(C)s1)CCC2. The number of amides is 1. The molecule has 5 nitrogen and oxygen atoms in total. The van der Waals surface area contributed by atoms with Gasteiger partial charge in [0, 0.05) is 22.0 Å². The van der Waals surface area contributed by atoms with Crippen LogP contribution >= 0.6 is 11.3 Å². The first kappa shape index (κ1) is 16.9. The van der Waals surface area contributed by atoms with Crippen molar-refractivity contribution in [1.82, 2.24) is 9.88 Å². The first-order valence-corrected chi connectivity index (χ1v) is 8.96. The topological polar surface area (TPSA) is 62.7 Å². The van der Waals surface area contributed by atoms with Gasteiger partial charge in [-0.15, -0.1) is 11.3 Å². The lowest BCUT2D eigenvalue weighted by atomic mass is 10.1. The van der Waals surface area contributed by atoms with Gasteiger partial charge in [0.25, 0.3) is 5.91 Å². The number of fused-ring (bicyclic) bond motifs is 1. The van der Waals surface area contributed by atoms with Crippen molar-refractivity contribution in [3.05, 3.63) is 44.8 Å². The number of aliphatic hydroxyl groups excluding tert-OH is 1. The number of carbonyl (C=O) groups excluding carboxylic acids is 1. The Balaban J connectivity index is 1.89. The molecule has 128 valence electrons. The summed E-state index contributed by atoms with van der Waals surface area (Å²) in [5.41, 5.74) is 2.65. The van der Waals surface area contributed by atoms with Crippen LogP contribution in [0, 0.1) is 6.92 Å². The molecule has 0 saturated heterocycles. The highest BCUT2D eigenvalue weighted by atomic mass is 32.1. The fraction of sp³-hybridized carbons (Fsp3) is 0.444. The Kier molecular flexibility index (Phi) is 5.16. The van der Waals surface area contributed by atoms with Crippen LogP contribution in [0.3, 0.4) is 0 Å². The molecule has 0 fully saturated rings. The Hall–Kier alpha value is -1.92. The third-order valence-electron chi connectivity index (χ3n) is 4.24. The zero-order valence-corrected chi connectivity index (χ0v) is 14.9. The van der Waals surface area contributed by atoms with E-state index in [0.717, 1.165) is 35.4 Å². The van der Waals surface area contributed by atoms with Crippen LogP contribution in [0.25, 0.3) is 0 Å². The van der Waals surface area contributed by atoms with Gasteiger partial charge in [0.15, 0.2) is 0 Å². The van der Waals surface area contributed by atoms with Crippen molar-refractivity contribution in [2.24, 2.45) is 0 Å². The number of ether oxygens (including phenoxy) is 1. The Morgan fingerprint density at radius 1 is 1.42 bits per heavy atom. The molecule has 1 aliphatic rings. The molecule has 6 heteroatoms. The Morgan fingerprint density at radius 3 is 2.92 bits per heavy atom. The number of aryl methyl sites for hydroxylation is 3. The van der Waals surface area contributed by atoms with Crippen molar-refractivity contribution in [1.29, 1.82) is 0 Å². The summed E-state index contributed by atoms with van der Waals surface area (Å²) in [7, 11) is 1.54. The summed E-state index contributed by atoms with van der Waals surface area (Å²) >= 11 is 1.66. The Labute approximate surface area is 145 Å². The van der Waals surface area contributed by atoms with E-state index in [0.29, 0.717) is 18.0 Å². The van der Waals surface area contributed by atoms with E-state index in [1.54, 1.807) is 23.3 Å². The summed E-state index contributed by atoms with van der Waals surface area (Å²) in [5.74, 6) is 0.236. The third kappa shape index (κ3) is 3.44. The Bertz CT molecular complexity index is 742. The van der Waals surface area contributed by atoms with Crippen molar-refractivity contribution in [2.75, 3.05) is 20.3 Å². The molecule has 1 N–H and O–H groups in total. The highest BCUT2D eigenvalue weighted by molar-refractivity contribution is 7.11. The Morgan fingerprint density at radius 2 is 2.25 bits per heavy atom. The van der Waals surface area contributed by atoms with Crippen LogP contribution in [0.5, 0.6) is 5.88 Å². The van der Waals surface area contributed by atoms with E-state index in [-0.39, 0.29) is 19.1 Å². The lowest BCUT2D eigenvalue weighted by molar-refractivity contribution is 0.0705. The van der Waals surface area contributed by atoms with Crippen molar-refractivity contribution in [3.63, 3.8) is 0 Å². The van der Waals surface area contributed by atoms with E-state index >= 15 is 0 Å². The molecular formula is C18H22N2O3S. The lowest BCUT2D eigenvalue weighted by Gasteiger charge is -2.22. The minimum Gasteiger partial charge on any atom is -0.480 e. The highest BCUT2D eigenvalue weighted by Crippen LogP contribution is 2.28. The predicted octanol–water partition coefficient (Wildman–Crippen LogP) is 2.58. The molecule has 2 heterocycles. The van der Waals surface area contributed by atoms with Gasteiger partial charge >= 0.3 is 0 Å². The summed E-state index contributed by atoms with van der Waals surface area (Å²) in [5, 5.41) is 9.36. The van der Waals surface area contributed by atoms with Crippen molar-refractivity contribution >= 4 is 17.2 Å². The van der Waals surface area contributed by atoms with Gasteiger partial charge in [0.05, 0.1) is 20.3 Å². The maximum absolute atomic E-state index is 13.0. The van der Waals surface area contributed by atoms with Gasteiger partial charge in [-0.3, -0.25) is 4.79 Å². The maximum Gasteiger partial charge on any atom is 0.259 e. The number of rotatable bonds is 6. The first-order chi connectivity index (χ1) is 11.6. The quantitative estimate of drug-likeness (QED) is 0.873. The molecule has 2 aromatic heterocycles. The first-order valence-electron chi connectivity index (χ1n) is 8.14. The van der Waals surface area contributed by atoms with Crippen LogP contribution in [0.2, 0.25) is 0 Å². The number of thiophene rings is 1. The highest BCUT2D eigenvalue weighted by Gasteiger charge is 2.24. The van der Waals surface area contributed by atoms with E-state index in [1.807, 2.05) is 25.1 Å². The van der Waals surface area contributed by atoms with Gasteiger partial charge in [0.1, 0.15) is 5.56 Å². The molecule has 0 saturated carbocycles. The fourth-order valence-corrected chi connectivity index (χ4v) is 3.97. The zero-order chi connectivity index (χ0) is 17.1. The van der Waals surface area contributed by atoms with Crippen molar-refractivity contribution in [3.8, 4) is 5.88 Å². The lowest BCUT2D eigenvalue weighted by Crippen LogP contribution is -2.33. The number of methoxy groups -OCH3 is 1. The van der Waals surface area contributed by atoms with Crippen LogP contribution < -0.4 is 4.74 Å². The van der Waals surface area contributed by atoms with E-state index in [2.05, 4.69) is 4.98 Å². The summed E-state index contributed by atoms with van der Waals surface area (Å²) < 4.78 is 5.36. The van der Waals surface area contributed by atoms with E-state index in [9.17, 15) is 9.90 Å². The molecule has 0 bridgehead atoms. The average Bonchev–Trinajstić information content (AvgIpc) is 3.20. The molecule has 0 unspecified atom stereocenters. The van der Waals surface area contributed by atoms with Gasteiger partial charge in [-0.25, -0.2) is 4.98 Å². The number of nitrogens with zero attached hydrogens (tertiary/aromatic N) is 2. The monoisotopic (exact) mass is 346 g/mol. The van der Waals surface area contributed by atoms with Crippen LogP contribution in [0.15, 0.2) is 18.2 Å². The van der Waals surface area contributed by atoms with Gasteiger partial charge < -0.3 is 14.7 Å². The molecule has 0 aliphatic heterocycles. The molecule has 3 rings (SSSR count). The number of hydrogen-bond donors (Lipinski definition) is 1. The standard InChI is InChI=1S/C18H22N2O3S/c1-12-6-7-14(24-12)11-20(8-9-21)18(22)15-10-13-4-3-5-16(13)19-17(15)23-2/h6-7,10,21H,3-5,8-9,11H2,1-2H3. The van der Waals surface area contributed by atoms with Crippen LogP contribution in [0.1, 0.15) is 37.8 Å². The van der Waals surface area contributed by atoms with E-state index in [4.69, 9.17) is 4.74 Å². The molecule has 24 heavy (non-hydrogen) atoms. The largest absolute Gasteiger partial charge is 0.480 e. The summed E-state index contributed by atoms with van der Waals surface area (Å²) in [6.07, 6.45) is 2.96. The fourth-order valence-electron chi connectivity index (χ4n) is 3.06. The third-order valence-corrected chi connectivity index (χ3v) is 5.22. The van der Waals surface area contributed by atoms with Crippen molar-refractivity contribution in [2.45, 2.75) is 32.7 Å². The molecule has 0 atom stereocenters. The van der Waals surface area contributed by atoms with E-state index in [1.165, 1.54) is 4.88 Å². The number of hydrogen-bond acceptors (Lipinski definition) is 5. The minimum atomic E-state index is -0.144. The van der Waals surface area contributed by atoms with Gasteiger partial charge in [-0.2, -0.15) is 0 Å². The van der Waals surface area contributed by atoms with Gasteiger partial charge in [-0.05, 0) is 49.9 Å². The van der Waals surface area contributed by atoms with Gasteiger partial charge in [0.2, 0.25) is 5.88 Å². The number of pyridine rings is 1. The maximum atomic E-state index is 13.0. The number of carbonyl (C=O) groups is 1. The predicted molar refractivity (Wildman–Crippen MR) is 93.7 cm³/mol. The van der Waals surface area contributed by atoms with E-state index < -0.39 is 0 Å². The molecule has 2 aromatic rings. The second-order valence-electron chi connectivity index (χ2n) is 5.97. The molecule has 1 aliphatic carbocycles. The number of aliphatic hydroxyl groups is 1. The van der Waals surface area contributed by atoms with Crippen LogP contribution in [0.4, 0.5) is 0 Å². The molecule has 0 spiro atoms. The van der Waals surface area contributed by atoms with Crippen LogP contribution in [-0.2, 0) is 19.4 Å². The second-order valence-corrected chi connectivity index (χ2v) is 7.34. The second kappa shape index (κ2) is 7.32. The van der Waals surface area contributed by atoms with Gasteiger partial charge in [-0.1, -0.05) is 0 Å². The number of aromatic nitrogens is 1. The molecule has 1 amide bonds. The normalized spacial score (nSPS) is 13.0. The summed E-state index contributed by atoms with van der Waals surface area (Å²) in [6, 6.07) is 5.98. The molecule has 0 aromatic carbocycles. The van der Waals surface area contributed by atoms with Crippen LogP contribution in [-0.4, -0.2) is 41.2 Å². The molecule has 0 radical (unpaired) electrons. The smallest absolute Gasteiger partial charge is 0.259 e. The average molecular weight is 346 g/mol. The zero-order valence-electron chi connectivity index (χ0n) is 14.0. The summed E-state index contributed by atoms with van der Waals surface area (Å²) in [6.45, 7) is 2.74. The molecular weight excluding hydrogens is 324 g/mol. The minimum absolute atomic E-state index is 0.0726. The summed E-state index contributed by atoms with van der Waals surface area (Å²) in [4.78, 5) is 21.5.